The number of carboxylic acid groups (broad SMARTS) is 1. The first kappa shape index (κ1) is 16.4. The van der Waals surface area contributed by atoms with Gasteiger partial charge < -0.3 is 20.5 Å². The lowest BCUT2D eigenvalue weighted by Crippen LogP contribution is -2.32. The van der Waals surface area contributed by atoms with Gasteiger partial charge in [-0.05, 0) is 40.5 Å². The van der Waals surface area contributed by atoms with Gasteiger partial charge >= 0.3 is 12.0 Å². The van der Waals surface area contributed by atoms with E-state index in [0.717, 1.165) is 0 Å². The molecule has 0 fully saturated rings. The van der Waals surface area contributed by atoms with E-state index in [0.29, 0.717) is 11.3 Å². The van der Waals surface area contributed by atoms with Gasteiger partial charge in [0.05, 0.1) is 11.1 Å². The molecule has 1 aromatic rings. The van der Waals surface area contributed by atoms with E-state index in [1.807, 2.05) is 0 Å². The lowest BCUT2D eigenvalue weighted by atomic mass is 10.2. The Bertz CT molecular complexity index is 510. The molecule has 1 aromatic carbocycles. The zero-order chi connectivity index (χ0) is 15.1. The Morgan fingerprint density at radius 2 is 2.15 bits per heavy atom. The molecule has 0 saturated carbocycles. The Hall–Kier alpha value is -1.67. The summed E-state index contributed by atoms with van der Waals surface area (Å²) in [7, 11) is 0. The zero-order valence-electron chi connectivity index (χ0n) is 10.7. The van der Waals surface area contributed by atoms with Gasteiger partial charge in [0.15, 0.2) is 0 Å². The Morgan fingerprint density at radius 3 is 2.80 bits per heavy atom. The summed E-state index contributed by atoms with van der Waals surface area (Å²) in [4.78, 5) is 21.7. The van der Waals surface area contributed by atoms with Crippen LogP contribution in [0.3, 0.4) is 0 Å². The second kappa shape index (κ2) is 7.81. The number of amides is 2. The van der Waals surface area contributed by atoms with Crippen LogP contribution in [0, 0.1) is 12.7 Å². The molecule has 0 aliphatic heterocycles. The number of aliphatic carboxylic acids is 1. The van der Waals surface area contributed by atoms with Crippen LogP contribution in [0.2, 0.25) is 0 Å². The number of hydrogen-bond donors (Lipinski definition) is 3. The fraction of sp³-hybridized carbons (Fsp3) is 0.333. The summed E-state index contributed by atoms with van der Waals surface area (Å²) in [5.41, 5.74) is 1.06. The maximum Gasteiger partial charge on any atom is 0.329 e. The number of nitrogens with one attached hydrogen (secondary N) is 2. The highest BCUT2D eigenvalue weighted by Crippen LogP contribution is 2.24. The van der Waals surface area contributed by atoms with Crippen LogP contribution in [0.5, 0.6) is 0 Å². The number of ether oxygens (including phenoxy) is 1. The zero-order valence-corrected chi connectivity index (χ0v) is 12.3. The van der Waals surface area contributed by atoms with Gasteiger partial charge in [-0.15, -0.1) is 0 Å². The van der Waals surface area contributed by atoms with E-state index in [2.05, 4.69) is 26.6 Å². The molecule has 0 aliphatic rings. The molecular formula is C12H14BrFN2O4. The van der Waals surface area contributed by atoms with Gasteiger partial charge in [-0.1, -0.05) is 0 Å². The molecular weight excluding hydrogens is 335 g/mol. The number of hydrogen-bond acceptors (Lipinski definition) is 3. The molecule has 110 valence electrons. The summed E-state index contributed by atoms with van der Waals surface area (Å²) in [5, 5.41) is 13.4. The summed E-state index contributed by atoms with van der Waals surface area (Å²) in [6, 6.07) is 2.28. The SMILES string of the molecule is Cc1cc(F)c(Br)cc1NC(=O)NCCOCC(=O)O. The highest BCUT2D eigenvalue weighted by molar-refractivity contribution is 9.10. The number of urea groups is 1. The first-order valence-corrected chi connectivity index (χ1v) is 6.49. The molecule has 0 atom stereocenters. The molecule has 0 heterocycles. The van der Waals surface area contributed by atoms with Crippen LogP contribution in [-0.4, -0.2) is 36.9 Å². The van der Waals surface area contributed by atoms with Gasteiger partial charge in [0.1, 0.15) is 12.4 Å². The van der Waals surface area contributed by atoms with Crippen molar-refractivity contribution in [2.24, 2.45) is 0 Å². The molecule has 6 nitrogen and oxygen atoms in total. The molecule has 20 heavy (non-hydrogen) atoms. The van der Waals surface area contributed by atoms with Gasteiger partial charge in [0.2, 0.25) is 0 Å². The van der Waals surface area contributed by atoms with Crippen LogP contribution in [0.15, 0.2) is 16.6 Å². The van der Waals surface area contributed by atoms with Crippen LogP contribution in [0.4, 0.5) is 14.9 Å². The maximum atomic E-state index is 13.2. The Labute approximate surface area is 123 Å². The van der Waals surface area contributed by atoms with Crippen molar-refractivity contribution >= 4 is 33.6 Å². The lowest BCUT2D eigenvalue weighted by molar-refractivity contribution is -0.142. The number of carboxylic acids is 1. The maximum absolute atomic E-state index is 13.2. The molecule has 0 radical (unpaired) electrons. The van der Waals surface area contributed by atoms with Crippen LogP contribution < -0.4 is 10.6 Å². The van der Waals surface area contributed by atoms with E-state index in [1.165, 1.54) is 12.1 Å². The van der Waals surface area contributed by atoms with Crippen LogP contribution in [0.25, 0.3) is 0 Å². The number of halogens is 2. The Balaban J connectivity index is 2.39. The van der Waals surface area contributed by atoms with E-state index >= 15 is 0 Å². The summed E-state index contributed by atoms with van der Waals surface area (Å²) in [6.07, 6.45) is 0. The quantitative estimate of drug-likeness (QED) is 0.687. The molecule has 3 N–H and O–H groups in total. The van der Waals surface area contributed by atoms with Gasteiger partial charge in [-0.2, -0.15) is 0 Å². The first-order valence-electron chi connectivity index (χ1n) is 5.70. The number of carbonyl (C=O) groups is 2. The standard InChI is InChI=1S/C12H14BrFN2O4/c1-7-4-9(14)8(13)5-10(7)16-12(19)15-2-3-20-6-11(17)18/h4-5H,2-3,6H2,1H3,(H,17,18)(H2,15,16,19). The fourth-order valence-electron chi connectivity index (χ4n) is 1.34. The number of anilines is 1. The molecule has 0 aliphatic carbocycles. The predicted molar refractivity (Wildman–Crippen MR) is 74.3 cm³/mol. The molecule has 0 unspecified atom stereocenters. The average Bonchev–Trinajstić information content (AvgIpc) is 2.35. The Kier molecular flexibility index (Phi) is 6.40. The minimum Gasteiger partial charge on any atom is -0.480 e. The van der Waals surface area contributed by atoms with Crippen molar-refractivity contribution in [3.05, 3.63) is 28.0 Å². The second-order valence-corrected chi connectivity index (χ2v) is 4.76. The van der Waals surface area contributed by atoms with Crippen molar-refractivity contribution in [3.8, 4) is 0 Å². The van der Waals surface area contributed by atoms with Crippen molar-refractivity contribution in [2.45, 2.75) is 6.92 Å². The number of rotatable bonds is 6. The molecule has 0 aromatic heterocycles. The molecule has 0 spiro atoms. The van der Waals surface area contributed by atoms with Crippen molar-refractivity contribution < 1.29 is 23.8 Å². The van der Waals surface area contributed by atoms with E-state index in [4.69, 9.17) is 9.84 Å². The highest BCUT2D eigenvalue weighted by Gasteiger charge is 2.08. The third-order valence-corrected chi connectivity index (χ3v) is 2.88. The molecule has 8 heteroatoms. The average molecular weight is 349 g/mol. The first-order chi connectivity index (χ1) is 9.40. The summed E-state index contributed by atoms with van der Waals surface area (Å²) in [5.74, 6) is -1.48. The Morgan fingerprint density at radius 1 is 1.45 bits per heavy atom. The molecule has 0 saturated heterocycles. The smallest absolute Gasteiger partial charge is 0.329 e. The minimum atomic E-state index is -1.07. The van der Waals surface area contributed by atoms with E-state index in [-0.39, 0.29) is 17.6 Å². The predicted octanol–water partition coefficient (Wildman–Crippen LogP) is 2.12. The number of benzene rings is 1. The molecule has 0 bridgehead atoms. The van der Waals surface area contributed by atoms with Gasteiger partial charge in [0, 0.05) is 12.2 Å². The summed E-state index contributed by atoms with van der Waals surface area (Å²) in [6.45, 7) is 1.51. The van der Waals surface area contributed by atoms with Gasteiger partial charge in [0.25, 0.3) is 0 Å². The van der Waals surface area contributed by atoms with Crippen LogP contribution in [-0.2, 0) is 9.53 Å². The minimum absolute atomic E-state index is 0.0891. The molecule has 1 rings (SSSR count). The van der Waals surface area contributed by atoms with E-state index in [9.17, 15) is 14.0 Å². The van der Waals surface area contributed by atoms with Gasteiger partial charge in [-0.25, -0.2) is 14.0 Å². The monoisotopic (exact) mass is 348 g/mol. The van der Waals surface area contributed by atoms with Crippen molar-refractivity contribution in [3.63, 3.8) is 0 Å². The van der Waals surface area contributed by atoms with Crippen LogP contribution >= 0.6 is 15.9 Å². The van der Waals surface area contributed by atoms with Crippen molar-refractivity contribution in [1.82, 2.24) is 5.32 Å². The normalized spacial score (nSPS) is 10.2. The van der Waals surface area contributed by atoms with Crippen molar-refractivity contribution in [2.75, 3.05) is 25.1 Å². The summed E-state index contributed by atoms with van der Waals surface area (Å²) < 4.78 is 18.2. The van der Waals surface area contributed by atoms with Gasteiger partial charge in [-0.3, -0.25) is 0 Å². The van der Waals surface area contributed by atoms with Crippen molar-refractivity contribution in [1.29, 1.82) is 0 Å². The third-order valence-electron chi connectivity index (χ3n) is 2.27. The summed E-state index contributed by atoms with van der Waals surface area (Å²) >= 11 is 3.03. The second-order valence-electron chi connectivity index (χ2n) is 3.91. The molecule has 2 amide bonds. The number of carbonyl (C=O) groups excluding carboxylic acids is 1. The van der Waals surface area contributed by atoms with Crippen LogP contribution in [0.1, 0.15) is 5.56 Å². The lowest BCUT2D eigenvalue weighted by Gasteiger charge is -2.10. The van der Waals surface area contributed by atoms with E-state index in [1.54, 1.807) is 6.92 Å². The largest absolute Gasteiger partial charge is 0.480 e. The third kappa shape index (κ3) is 5.54. The van der Waals surface area contributed by atoms with E-state index < -0.39 is 24.4 Å². The fourth-order valence-corrected chi connectivity index (χ4v) is 1.69. The number of aryl methyl sites for hydroxylation is 1. The highest BCUT2D eigenvalue weighted by atomic mass is 79.9. The topological polar surface area (TPSA) is 87.7 Å².